The molecule has 0 radical (unpaired) electrons. The first-order valence-electron chi connectivity index (χ1n) is 15.9. The molecule has 3 nitrogen and oxygen atoms in total. The van der Waals surface area contributed by atoms with E-state index in [1.54, 1.807) is 0 Å². The third-order valence-corrected chi connectivity index (χ3v) is 7.23. The minimum absolute atomic E-state index is 0.247. The molecule has 0 saturated carbocycles. The molecule has 214 valence electrons. The fourth-order valence-corrected chi connectivity index (χ4v) is 4.78. The molecule has 2 atom stereocenters. The number of allylic oxidation sites excluding steroid dienone is 2. The summed E-state index contributed by atoms with van der Waals surface area (Å²) in [6.07, 6.45) is 33.6. The van der Waals surface area contributed by atoms with Crippen molar-refractivity contribution in [2.75, 3.05) is 0 Å². The molecule has 0 saturated heterocycles. The molecule has 1 heterocycles. The number of aliphatic hydroxyl groups excluding tert-OH is 2. The molecule has 2 N–H and O–H groups in total. The third-order valence-electron chi connectivity index (χ3n) is 7.23. The van der Waals surface area contributed by atoms with E-state index in [0.717, 1.165) is 62.9 Å². The lowest BCUT2D eigenvalue weighted by molar-refractivity contribution is 0.207. The van der Waals surface area contributed by atoms with Crippen LogP contribution in [-0.4, -0.2) is 22.4 Å². The fourth-order valence-electron chi connectivity index (χ4n) is 4.78. The van der Waals surface area contributed by atoms with E-state index < -0.39 is 0 Å². The van der Waals surface area contributed by atoms with Crippen LogP contribution in [0.3, 0.4) is 0 Å². The van der Waals surface area contributed by atoms with Gasteiger partial charge in [-0.05, 0) is 63.5 Å². The Hall–Kier alpha value is -1.32. The second-order valence-electron chi connectivity index (χ2n) is 11.0. The summed E-state index contributed by atoms with van der Waals surface area (Å²) in [6, 6.07) is 4.35. The van der Waals surface area contributed by atoms with Gasteiger partial charge in [0.15, 0.2) is 0 Å². The summed E-state index contributed by atoms with van der Waals surface area (Å²) in [7, 11) is 0. The van der Waals surface area contributed by atoms with Crippen LogP contribution in [0.4, 0.5) is 0 Å². The zero-order chi connectivity index (χ0) is 26.8. The zero-order valence-corrected chi connectivity index (χ0v) is 24.5. The van der Waals surface area contributed by atoms with Gasteiger partial charge in [-0.15, -0.1) is 0 Å². The molecular formula is C34H60O3. The Kier molecular flexibility index (Phi) is 22.8. The van der Waals surface area contributed by atoms with Crippen LogP contribution in [0.25, 0.3) is 0 Å². The highest BCUT2D eigenvalue weighted by atomic mass is 16.3. The number of hydrogen-bond donors (Lipinski definition) is 2. The van der Waals surface area contributed by atoms with Gasteiger partial charge in [-0.25, -0.2) is 0 Å². The first-order valence-corrected chi connectivity index (χ1v) is 15.9. The number of unbranched alkanes of at least 4 members (excludes halogenated alkanes) is 14. The maximum absolute atomic E-state index is 9.90. The molecule has 2 unspecified atom stereocenters. The SMILES string of the molecule is CCCCCC(O)/C=C\CCCCCCCc1ccc(CCCCCCC/C=C\C(O)CCCCC)o1. The van der Waals surface area contributed by atoms with Crippen LogP contribution in [0.5, 0.6) is 0 Å². The number of aliphatic hydroxyl groups is 2. The molecule has 0 aliphatic carbocycles. The van der Waals surface area contributed by atoms with Crippen molar-refractivity contribution in [3.63, 3.8) is 0 Å². The molecule has 0 aliphatic heterocycles. The summed E-state index contributed by atoms with van der Waals surface area (Å²) in [5.74, 6) is 2.30. The van der Waals surface area contributed by atoms with Crippen molar-refractivity contribution in [2.45, 2.75) is 167 Å². The van der Waals surface area contributed by atoms with Gasteiger partial charge in [0.25, 0.3) is 0 Å². The summed E-state index contributed by atoms with van der Waals surface area (Å²) in [5, 5.41) is 19.8. The van der Waals surface area contributed by atoms with Gasteiger partial charge in [-0.3, -0.25) is 0 Å². The highest BCUT2D eigenvalue weighted by Crippen LogP contribution is 2.16. The topological polar surface area (TPSA) is 53.6 Å². The van der Waals surface area contributed by atoms with Crippen molar-refractivity contribution in [3.05, 3.63) is 48.0 Å². The van der Waals surface area contributed by atoms with E-state index >= 15 is 0 Å². The Morgan fingerprint density at radius 3 is 1.41 bits per heavy atom. The normalized spacial score (nSPS) is 13.7. The van der Waals surface area contributed by atoms with E-state index in [2.05, 4.69) is 38.1 Å². The molecule has 0 amide bonds. The van der Waals surface area contributed by atoms with Gasteiger partial charge in [-0.2, -0.15) is 0 Å². The van der Waals surface area contributed by atoms with Gasteiger partial charge in [0.1, 0.15) is 11.5 Å². The number of furan rings is 1. The summed E-state index contributed by atoms with van der Waals surface area (Å²) < 4.78 is 6.05. The fraction of sp³-hybridized carbons (Fsp3) is 0.765. The van der Waals surface area contributed by atoms with Gasteiger partial charge in [0, 0.05) is 12.8 Å². The predicted octanol–water partition coefficient (Wildman–Crippen LogP) is 10.0. The molecule has 3 heteroatoms. The predicted molar refractivity (Wildman–Crippen MR) is 160 cm³/mol. The molecule has 0 aromatic carbocycles. The second-order valence-corrected chi connectivity index (χ2v) is 11.0. The van der Waals surface area contributed by atoms with Crippen molar-refractivity contribution < 1.29 is 14.6 Å². The van der Waals surface area contributed by atoms with Gasteiger partial charge in [-0.1, -0.05) is 115 Å². The minimum Gasteiger partial charge on any atom is -0.466 e. The Balaban J connectivity index is 1.93. The molecule has 0 aliphatic rings. The lowest BCUT2D eigenvalue weighted by Gasteiger charge is -2.04. The van der Waals surface area contributed by atoms with Crippen molar-refractivity contribution in [1.29, 1.82) is 0 Å². The minimum atomic E-state index is -0.247. The highest BCUT2D eigenvalue weighted by Gasteiger charge is 2.03. The quantitative estimate of drug-likeness (QED) is 0.0951. The first-order chi connectivity index (χ1) is 18.2. The van der Waals surface area contributed by atoms with Crippen molar-refractivity contribution in [2.24, 2.45) is 0 Å². The van der Waals surface area contributed by atoms with Crippen LogP contribution in [0.15, 0.2) is 40.9 Å². The summed E-state index contributed by atoms with van der Waals surface area (Å²) >= 11 is 0. The molecule has 1 rings (SSSR count). The van der Waals surface area contributed by atoms with Gasteiger partial charge >= 0.3 is 0 Å². The third kappa shape index (κ3) is 21.3. The summed E-state index contributed by atoms with van der Waals surface area (Å²) in [5.41, 5.74) is 0. The molecule has 0 spiro atoms. The van der Waals surface area contributed by atoms with E-state index in [4.69, 9.17) is 4.42 Å². The lowest BCUT2D eigenvalue weighted by Crippen LogP contribution is -2.01. The smallest absolute Gasteiger partial charge is 0.104 e. The molecule has 37 heavy (non-hydrogen) atoms. The van der Waals surface area contributed by atoms with E-state index in [9.17, 15) is 10.2 Å². The Labute approximate surface area is 229 Å². The largest absolute Gasteiger partial charge is 0.466 e. The Bertz CT molecular complexity index is 605. The van der Waals surface area contributed by atoms with Crippen LogP contribution in [0.1, 0.15) is 154 Å². The average Bonchev–Trinajstić information content (AvgIpc) is 3.34. The molecular weight excluding hydrogens is 456 g/mol. The number of aryl methyl sites for hydroxylation is 2. The number of rotatable bonds is 26. The van der Waals surface area contributed by atoms with Gasteiger partial charge < -0.3 is 14.6 Å². The zero-order valence-electron chi connectivity index (χ0n) is 24.5. The van der Waals surface area contributed by atoms with Crippen LogP contribution < -0.4 is 0 Å². The van der Waals surface area contributed by atoms with Crippen LogP contribution in [0, 0.1) is 0 Å². The summed E-state index contributed by atoms with van der Waals surface area (Å²) in [4.78, 5) is 0. The first kappa shape index (κ1) is 33.7. The van der Waals surface area contributed by atoms with Gasteiger partial charge in [0.2, 0.25) is 0 Å². The van der Waals surface area contributed by atoms with E-state index in [-0.39, 0.29) is 12.2 Å². The van der Waals surface area contributed by atoms with Crippen molar-refractivity contribution in [1.82, 2.24) is 0 Å². The van der Waals surface area contributed by atoms with E-state index in [1.807, 2.05) is 12.2 Å². The van der Waals surface area contributed by atoms with Crippen LogP contribution in [0.2, 0.25) is 0 Å². The van der Waals surface area contributed by atoms with Crippen molar-refractivity contribution in [3.8, 4) is 0 Å². The molecule has 1 aromatic rings. The monoisotopic (exact) mass is 516 g/mol. The van der Waals surface area contributed by atoms with Crippen LogP contribution >= 0.6 is 0 Å². The lowest BCUT2D eigenvalue weighted by atomic mass is 10.1. The van der Waals surface area contributed by atoms with Gasteiger partial charge in [0.05, 0.1) is 12.2 Å². The standard InChI is InChI=1S/C34H60O3/c1-3-5-17-23-31(35)25-19-13-9-7-11-15-21-27-33-29-30-34(37-33)28-22-16-12-8-10-14-20-26-32(36)24-18-6-4-2/h19-20,25-26,29-32,35-36H,3-18,21-24,27-28H2,1-2H3/b25-19-,26-20-. The second kappa shape index (κ2) is 25.0. The Morgan fingerprint density at radius 2 is 0.973 bits per heavy atom. The molecule has 0 fully saturated rings. The van der Waals surface area contributed by atoms with E-state index in [1.165, 1.54) is 89.9 Å². The molecule has 1 aromatic heterocycles. The molecule has 0 bridgehead atoms. The van der Waals surface area contributed by atoms with Crippen LogP contribution in [-0.2, 0) is 12.8 Å². The highest BCUT2D eigenvalue weighted by molar-refractivity contribution is 5.07. The maximum Gasteiger partial charge on any atom is 0.104 e. The maximum atomic E-state index is 9.90. The van der Waals surface area contributed by atoms with Crippen molar-refractivity contribution >= 4 is 0 Å². The van der Waals surface area contributed by atoms with E-state index in [0.29, 0.717) is 0 Å². The number of hydrogen-bond acceptors (Lipinski definition) is 3. The summed E-state index contributed by atoms with van der Waals surface area (Å²) in [6.45, 7) is 4.40. The average molecular weight is 517 g/mol. The Morgan fingerprint density at radius 1 is 0.568 bits per heavy atom.